The molecule has 1 amide bonds. The van der Waals surface area contributed by atoms with Gasteiger partial charge in [-0.15, -0.1) is 0 Å². The van der Waals surface area contributed by atoms with Gasteiger partial charge in [-0.1, -0.05) is 0 Å². The summed E-state index contributed by atoms with van der Waals surface area (Å²) in [5.41, 5.74) is 0.379. The number of carbonyl (C=O) groups is 1. The first-order chi connectivity index (χ1) is 8.47. The van der Waals surface area contributed by atoms with Crippen molar-refractivity contribution in [2.24, 2.45) is 0 Å². The zero-order valence-corrected chi connectivity index (χ0v) is 11.7. The Morgan fingerprint density at radius 2 is 2.06 bits per heavy atom. The zero-order valence-electron chi connectivity index (χ0n) is 10.9. The fourth-order valence-electron chi connectivity index (χ4n) is 1.54. The molecule has 4 nitrogen and oxygen atoms in total. The molecule has 18 heavy (non-hydrogen) atoms. The van der Waals surface area contributed by atoms with E-state index >= 15 is 0 Å². The summed E-state index contributed by atoms with van der Waals surface area (Å²) >= 11 is 1.75. The molecule has 1 unspecified atom stereocenters. The highest BCUT2D eigenvalue weighted by atomic mass is 32.2. The van der Waals surface area contributed by atoms with E-state index in [2.05, 4.69) is 0 Å². The van der Waals surface area contributed by atoms with Crippen LogP contribution in [0.1, 0.15) is 23.7 Å². The summed E-state index contributed by atoms with van der Waals surface area (Å²) in [5, 5.41) is 18.6. The Morgan fingerprint density at radius 3 is 2.61 bits per heavy atom. The van der Waals surface area contributed by atoms with Crippen LogP contribution < -0.4 is 0 Å². The monoisotopic (exact) mass is 269 g/mol. The molecule has 2 N–H and O–H groups in total. The number of phenols is 2. The highest BCUT2D eigenvalue weighted by molar-refractivity contribution is 7.98. The number of benzene rings is 1. The number of nitrogens with zero attached hydrogens (tertiary/aromatic N) is 1. The molecule has 1 atom stereocenters. The highest BCUT2D eigenvalue weighted by Crippen LogP contribution is 2.25. The Hall–Kier alpha value is -1.36. The van der Waals surface area contributed by atoms with Gasteiger partial charge in [-0.25, -0.2) is 0 Å². The molecule has 1 aromatic rings. The molecule has 0 spiro atoms. The standard InChI is InChI=1S/C13H19NO3S/c1-9(6-7-18-3)14(2)13(17)10-4-5-11(15)12(16)8-10/h4-5,8-9,15-16H,6-7H2,1-3H3. The summed E-state index contributed by atoms with van der Waals surface area (Å²) in [7, 11) is 1.75. The van der Waals surface area contributed by atoms with E-state index in [1.807, 2.05) is 13.2 Å². The van der Waals surface area contributed by atoms with Crippen LogP contribution in [0.3, 0.4) is 0 Å². The molecular formula is C13H19NO3S. The van der Waals surface area contributed by atoms with Crippen LogP contribution in [0.5, 0.6) is 11.5 Å². The molecule has 1 rings (SSSR count). The van der Waals surface area contributed by atoms with Gasteiger partial charge in [-0.3, -0.25) is 4.79 Å². The molecule has 0 saturated carbocycles. The normalized spacial score (nSPS) is 12.2. The molecule has 0 aliphatic carbocycles. The Labute approximate surface area is 112 Å². The number of amides is 1. The molecule has 0 aromatic heterocycles. The summed E-state index contributed by atoms with van der Waals surface area (Å²) in [6, 6.07) is 4.26. The van der Waals surface area contributed by atoms with Crippen LogP contribution in [0, 0.1) is 0 Å². The molecule has 1 aromatic carbocycles. The van der Waals surface area contributed by atoms with Gasteiger partial charge in [0, 0.05) is 18.7 Å². The second kappa shape index (κ2) is 6.54. The van der Waals surface area contributed by atoms with Gasteiger partial charge in [0.2, 0.25) is 0 Å². The van der Waals surface area contributed by atoms with Gasteiger partial charge in [-0.2, -0.15) is 11.8 Å². The summed E-state index contributed by atoms with van der Waals surface area (Å²) in [6.45, 7) is 1.99. The lowest BCUT2D eigenvalue weighted by Gasteiger charge is -2.25. The maximum Gasteiger partial charge on any atom is 0.253 e. The number of rotatable bonds is 5. The predicted molar refractivity (Wildman–Crippen MR) is 74.3 cm³/mol. The van der Waals surface area contributed by atoms with Crippen LogP contribution >= 0.6 is 11.8 Å². The van der Waals surface area contributed by atoms with Crippen molar-refractivity contribution < 1.29 is 15.0 Å². The smallest absolute Gasteiger partial charge is 0.253 e. The van der Waals surface area contributed by atoms with Crippen molar-refractivity contribution in [3.05, 3.63) is 23.8 Å². The number of hydrogen-bond acceptors (Lipinski definition) is 4. The van der Waals surface area contributed by atoms with E-state index in [0.29, 0.717) is 5.56 Å². The minimum absolute atomic E-state index is 0.140. The van der Waals surface area contributed by atoms with Gasteiger partial charge < -0.3 is 15.1 Å². The topological polar surface area (TPSA) is 60.8 Å². The Kier molecular flexibility index (Phi) is 5.34. The van der Waals surface area contributed by atoms with E-state index in [-0.39, 0.29) is 23.4 Å². The van der Waals surface area contributed by atoms with E-state index in [9.17, 15) is 15.0 Å². The quantitative estimate of drug-likeness (QED) is 0.805. The number of hydrogen-bond donors (Lipinski definition) is 2. The molecule has 100 valence electrons. The molecular weight excluding hydrogens is 250 g/mol. The van der Waals surface area contributed by atoms with Gasteiger partial charge in [0.1, 0.15) is 0 Å². The Morgan fingerprint density at radius 1 is 1.39 bits per heavy atom. The van der Waals surface area contributed by atoms with Crippen LogP contribution in [0.25, 0.3) is 0 Å². The molecule has 0 aliphatic rings. The Balaban J connectivity index is 2.76. The van der Waals surface area contributed by atoms with E-state index < -0.39 is 0 Å². The second-order valence-electron chi connectivity index (χ2n) is 4.25. The average Bonchev–Trinajstić information content (AvgIpc) is 2.37. The summed E-state index contributed by atoms with van der Waals surface area (Å²) in [6.07, 6.45) is 2.96. The Bertz CT molecular complexity index is 423. The molecule has 0 radical (unpaired) electrons. The number of aromatic hydroxyl groups is 2. The first kappa shape index (κ1) is 14.7. The van der Waals surface area contributed by atoms with Crippen LogP contribution in [0.4, 0.5) is 0 Å². The van der Waals surface area contributed by atoms with Gasteiger partial charge >= 0.3 is 0 Å². The van der Waals surface area contributed by atoms with Crippen molar-refractivity contribution in [1.29, 1.82) is 0 Å². The minimum atomic E-state index is -0.272. The number of thioether (sulfide) groups is 1. The predicted octanol–water partition coefficient (Wildman–Crippen LogP) is 2.31. The third-order valence-electron chi connectivity index (χ3n) is 2.94. The van der Waals surface area contributed by atoms with E-state index in [4.69, 9.17) is 0 Å². The van der Waals surface area contributed by atoms with Crippen LogP contribution in [0.15, 0.2) is 18.2 Å². The number of phenolic OH excluding ortho intramolecular Hbond substituents is 2. The summed E-state index contributed by atoms with van der Waals surface area (Å²) in [4.78, 5) is 13.8. The molecule has 0 heterocycles. The lowest BCUT2D eigenvalue weighted by molar-refractivity contribution is 0.0741. The third kappa shape index (κ3) is 3.57. The van der Waals surface area contributed by atoms with Crippen LogP contribution in [-0.4, -0.2) is 46.1 Å². The lowest BCUT2D eigenvalue weighted by atomic mass is 10.1. The molecule has 0 aliphatic heterocycles. The van der Waals surface area contributed by atoms with Crippen LogP contribution in [0.2, 0.25) is 0 Å². The molecule has 0 fully saturated rings. The van der Waals surface area contributed by atoms with Gasteiger partial charge in [0.05, 0.1) is 0 Å². The third-order valence-corrected chi connectivity index (χ3v) is 3.59. The van der Waals surface area contributed by atoms with Crippen molar-refractivity contribution in [2.75, 3.05) is 19.1 Å². The maximum absolute atomic E-state index is 12.1. The first-order valence-corrected chi connectivity index (χ1v) is 7.14. The van der Waals surface area contributed by atoms with Gasteiger partial charge in [-0.05, 0) is 43.6 Å². The fraction of sp³-hybridized carbons (Fsp3) is 0.462. The van der Waals surface area contributed by atoms with Gasteiger partial charge in [0.25, 0.3) is 5.91 Å². The van der Waals surface area contributed by atoms with Crippen molar-refractivity contribution in [1.82, 2.24) is 4.90 Å². The van der Waals surface area contributed by atoms with E-state index in [1.165, 1.54) is 18.2 Å². The fourth-order valence-corrected chi connectivity index (χ4v) is 2.12. The summed E-state index contributed by atoms with van der Waals surface area (Å²) < 4.78 is 0. The van der Waals surface area contributed by atoms with Gasteiger partial charge in [0.15, 0.2) is 11.5 Å². The first-order valence-electron chi connectivity index (χ1n) is 5.75. The van der Waals surface area contributed by atoms with Crippen molar-refractivity contribution in [3.63, 3.8) is 0 Å². The highest BCUT2D eigenvalue weighted by Gasteiger charge is 2.18. The second-order valence-corrected chi connectivity index (χ2v) is 5.24. The van der Waals surface area contributed by atoms with E-state index in [0.717, 1.165) is 12.2 Å². The largest absolute Gasteiger partial charge is 0.504 e. The molecule has 0 saturated heterocycles. The van der Waals surface area contributed by atoms with Crippen LogP contribution in [-0.2, 0) is 0 Å². The van der Waals surface area contributed by atoms with E-state index in [1.54, 1.807) is 23.7 Å². The minimum Gasteiger partial charge on any atom is -0.504 e. The summed E-state index contributed by atoms with van der Waals surface area (Å²) in [5.74, 6) is 0.356. The SMILES string of the molecule is CSCCC(C)N(C)C(=O)c1ccc(O)c(O)c1. The zero-order chi connectivity index (χ0) is 13.7. The number of carbonyl (C=O) groups excluding carboxylic acids is 1. The van der Waals surface area contributed by atoms with Crippen molar-refractivity contribution in [2.45, 2.75) is 19.4 Å². The van der Waals surface area contributed by atoms with Crippen molar-refractivity contribution >= 4 is 17.7 Å². The lowest BCUT2D eigenvalue weighted by Crippen LogP contribution is -2.35. The molecule has 5 heteroatoms. The average molecular weight is 269 g/mol. The van der Waals surface area contributed by atoms with Crippen molar-refractivity contribution in [3.8, 4) is 11.5 Å². The molecule has 0 bridgehead atoms. The maximum atomic E-state index is 12.1.